The third kappa shape index (κ3) is 3.12. The van der Waals surface area contributed by atoms with Gasteiger partial charge in [0.25, 0.3) is 0 Å². The Morgan fingerprint density at radius 1 is 1.12 bits per heavy atom. The second kappa shape index (κ2) is 5.80. The molecule has 3 aromatic rings. The van der Waals surface area contributed by atoms with Crippen molar-refractivity contribution in [3.8, 4) is 11.4 Å². The first kappa shape index (κ1) is 15.7. The molecule has 124 valence electrons. The van der Waals surface area contributed by atoms with Crippen LogP contribution in [0.25, 0.3) is 11.4 Å². The fourth-order valence-corrected chi connectivity index (χ4v) is 1.98. The molecule has 0 unspecified atom stereocenters. The van der Waals surface area contributed by atoms with Crippen LogP contribution in [0.4, 0.5) is 13.2 Å². The molecule has 0 saturated carbocycles. The number of aromatic nitrogens is 4. The quantitative estimate of drug-likeness (QED) is 0.733. The summed E-state index contributed by atoms with van der Waals surface area (Å²) in [5, 5.41) is 5.92. The second-order valence-corrected chi connectivity index (χ2v) is 4.84. The molecule has 24 heavy (non-hydrogen) atoms. The van der Waals surface area contributed by atoms with Gasteiger partial charge in [-0.25, -0.2) is 4.68 Å². The van der Waals surface area contributed by atoms with Crippen molar-refractivity contribution in [2.24, 2.45) is 0 Å². The summed E-state index contributed by atoms with van der Waals surface area (Å²) < 4.78 is 42.6. The van der Waals surface area contributed by atoms with Gasteiger partial charge in [-0.2, -0.15) is 18.2 Å². The van der Waals surface area contributed by atoms with Crippen molar-refractivity contribution in [2.75, 3.05) is 0 Å². The van der Waals surface area contributed by atoms with Crippen LogP contribution in [0.1, 0.15) is 11.5 Å². The first-order valence-corrected chi connectivity index (χ1v) is 6.63. The zero-order chi connectivity index (χ0) is 17.3. The van der Waals surface area contributed by atoms with Crippen LogP contribution in [0.15, 0.2) is 50.6 Å². The van der Waals surface area contributed by atoms with Crippen molar-refractivity contribution in [3.63, 3.8) is 0 Å². The van der Waals surface area contributed by atoms with Gasteiger partial charge in [0.05, 0.1) is 6.54 Å². The Kier molecular flexibility index (Phi) is 3.80. The van der Waals surface area contributed by atoms with Crippen LogP contribution in [-0.2, 0) is 12.7 Å². The highest BCUT2D eigenvalue weighted by Crippen LogP contribution is 2.29. The number of aromatic amines is 1. The van der Waals surface area contributed by atoms with Crippen LogP contribution in [0.3, 0.4) is 0 Å². The minimum atomic E-state index is -4.70. The molecule has 1 aromatic carbocycles. The smallest absolute Gasteiger partial charge is 0.329 e. The predicted molar refractivity (Wildman–Crippen MR) is 75.2 cm³/mol. The van der Waals surface area contributed by atoms with E-state index in [4.69, 9.17) is 0 Å². The molecule has 3 rings (SSSR count). The summed E-state index contributed by atoms with van der Waals surface area (Å²) in [6.07, 6.45) is -3.36. The molecule has 0 amide bonds. The minimum absolute atomic E-state index is 0.106. The fraction of sp³-hybridized carbons (Fsp3) is 0.143. The van der Waals surface area contributed by atoms with Gasteiger partial charge in [0.1, 0.15) is 0 Å². The van der Waals surface area contributed by atoms with Gasteiger partial charge in [-0.15, -0.1) is 0 Å². The molecule has 0 aliphatic carbocycles. The number of hydrogen-bond acceptors (Lipinski definition) is 5. The Morgan fingerprint density at radius 3 is 2.46 bits per heavy atom. The highest BCUT2D eigenvalue weighted by molar-refractivity contribution is 5.54. The van der Waals surface area contributed by atoms with Crippen LogP contribution >= 0.6 is 0 Å². The summed E-state index contributed by atoms with van der Waals surface area (Å²) >= 11 is 0. The van der Waals surface area contributed by atoms with Gasteiger partial charge in [0.2, 0.25) is 11.3 Å². The first-order valence-electron chi connectivity index (χ1n) is 6.63. The number of H-pyrrole nitrogens is 1. The molecule has 7 nitrogen and oxygen atoms in total. The van der Waals surface area contributed by atoms with Crippen molar-refractivity contribution in [1.82, 2.24) is 19.9 Å². The lowest BCUT2D eigenvalue weighted by Crippen LogP contribution is -2.35. The molecule has 0 fully saturated rings. The lowest BCUT2D eigenvalue weighted by atomic mass is 10.1. The van der Waals surface area contributed by atoms with Crippen LogP contribution in [-0.4, -0.2) is 19.9 Å². The average Bonchev–Trinajstić information content (AvgIpc) is 3.03. The molecule has 0 bridgehead atoms. The van der Waals surface area contributed by atoms with Crippen molar-refractivity contribution in [2.45, 2.75) is 12.7 Å². The standard InChI is InChI=1S/C14H9F3N4O3/c15-14(16,17)13-19-11(20-24-13)9-3-1-8(2-4-9)7-21-12(23)10(22)5-6-18-21/h1-6,18H,7H2. The number of hydrogen-bond donors (Lipinski definition) is 1. The number of rotatable bonds is 3. The van der Waals surface area contributed by atoms with Gasteiger partial charge >= 0.3 is 17.6 Å². The van der Waals surface area contributed by atoms with Gasteiger partial charge in [-0.05, 0) is 5.56 Å². The van der Waals surface area contributed by atoms with Crippen LogP contribution in [0.5, 0.6) is 0 Å². The van der Waals surface area contributed by atoms with E-state index in [9.17, 15) is 22.8 Å². The summed E-state index contributed by atoms with van der Waals surface area (Å²) in [6, 6.07) is 7.27. The number of halogens is 3. The molecule has 2 heterocycles. The van der Waals surface area contributed by atoms with Gasteiger partial charge in [0.15, 0.2) is 0 Å². The van der Waals surface area contributed by atoms with Gasteiger partial charge in [-0.1, -0.05) is 29.4 Å². The summed E-state index contributed by atoms with van der Waals surface area (Å²) in [4.78, 5) is 26.2. The number of nitrogens with zero attached hydrogens (tertiary/aromatic N) is 3. The maximum atomic E-state index is 12.4. The lowest BCUT2D eigenvalue weighted by molar-refractivity contribution is -0.159. The van der Waals surface area contributed by atoms with Crippen molar-refractivity contribution in [1.29, 1.82) is 0 Å². The van der Waals surface area contributed by atoms with Crippen LogP contribution in [0.2, 0.25) is 0 Å². The maximum absolute atomic E-state index is 12.4. The molecule has 0 spiro atoms. The molecule has 1 N–H and O–H groups in total. The normalized spacial score (nSPS) is 11.6. The van der Waals surface area contributed by atoms with E-state index in [1.807, 2.05) is 0 Å². The highest BCUT2D eigenvalue weighted by Gasteiger charge is 2.38. The largest absolute Gasteiger partial charge is 0.471 e. The summed E-state index contributed by atoms with van der Waals surface area (Å²) in [5.41, 5.74) is -0.361. The summed E-state index contributed by atoms with van der Waals surface area (Å²) in [6.45, 7) is 0.106. The van der Waals surface area contributed by atoms with Gasteiger partial charge in [0, 0.05) is 17.8 Å². The van der Waals surface area contributed by atoms with Gasteiger partial charge in [-0.3, -0.25) is 9.59 Å². The van der Waals surface area contributed by atoms with E-state index >= 15 is 0 Å². The fourth-order valence-electron chi connectivity index (χ4n) is 1.98. The third-order valence-corrected chi connectivity index (χ3v) is 3.14. The number of alkyl halides is 3. The summed E-state index contributed by atoms with van der Waals surface area (Å²) in [7, 11) is 0. The average molecular weight is 338 g/mol. The van der Waals surface area contributed by atoms with E-state index < -0.39 is 23.1 Å². The maximum Gasteiger partial charge on any atom is 0.471 e. The van der Waals surface area contributed by atoms with Crippen molar-refractivity contribution >= 4 is 0 Å². The SMILES string of the molecule is O=c1cc[nH]n(Cc2ccc(-c3noc(C(F)(F)F)n3)cc2)c1=O. The Morgan fingerprint density at radius 2 is 1.83 bits per heavy atom. The lowest BCUT2D eigenvalue weighted by Gasteiger charge is -2.05. The Labute approximate surface area is 131 Å². The van der Waals surface area contributed by atoms with E-state index in [1.165, 1.54) is 18.3 Å². The Hall–Kier alpha value is -3.17. The third-order valence-electron chi connectivity index (χ3n) is 3.14. The Balaban J connectivity index is 1.83. The number of nitrogens with one attached hydrogen (secondary N) is 1. The molecule has 0 atom stereocenters. The van der Waals surface area contributed by atoms with Crippen molar-refractivity contribution in [3.05, 3.63) is 68.6 Å². The van der Waals surface area contributed by atoms with Crippen molar-refractivity contribution < 1.29 is 17.7 Å². The zero-order valence-electron chi connectivity index (χ0n) is 11.9. The first-order chi connectivity index (χ1) is 11.3. The van der Waals surface area contributed by atoms with Gasteiger partial charge < -0.3 is 9.62 Å². The molecule has 0 saturated heterocycles. The molecule has 10 heteroatoms. The molecule has 0 aliphatic rings. The number of benzene rings is 1. The molecule has 0 aliphatic heterocycles. The van der Waals surface area contributed by atoms with E-state index in [0.29, 0.717) is 11.1 Å². The van der Waals surface area contributed by atoms with E-state index in [1.54, 1.807) is 12.1 Å². The Bertz CT molecular complexity index is 970. The summed E-state index contributed by atoms with van der Waals surface area (Å²) in [5.74, 6) is -1.62. The molecule has 2 aromatic heterocycles. The zero-order valence-corrected chi connectivity index (χ0v) is 11.9. The van der Waals surface area contributed by atoms with E-state index in [2.05, 4.69) is 19.8 Å². The molecular weight excluding hydrogens is 329 g/mol. The topological polar surface area (TPSA) is 93.8 Å². The monoisotopic (exact) mass is 338 g/mol. The molecule has 0 radical (unpaired) electrons. The van der Waals surface area contributed by atoms with Crippen LogP contribution in [0, 0.1) is 0 Å². The predicted octanol–water partition coefficient (Wildman–Crippen LogP) is 1.65. The van der Waals surface area contributed by atoms with E-state index in [-0.39, 0.29) is 12.4 Å². The molecular formula is C14H9F3N4O3. The van der Waals surface area contributed by atoms with Crippen LogP contribution < -0.4 is 11.0 Å². The second-order valence-electron chi connectivity index (χ2n) is 4.84. The van der Waals surface area contributed by atoms with E-state index in [0.717, 1.165) is 10.7 Å². The highest BCUT2D eigenvalue weighted by atomic mass is 19.4. The minimum Gasteiger partial charge on any atom is -0.329 e.